The number of aromatic nitrogens is 1. The average Bonchev–Trinajstić information content (AvgIpc) is 3.53. The van der Waals surface area contributed by atoms with Crippen molar-refractivity contribution in [2.75, 3.05) is 32.1 Å². The molecule has 1 aliphatic rings. The Hall–Kier alpha value is -3.23. The molecule has 0 radical (unpaired) electrons. The Bertz CT molecular complexity index is 1080. The number of hydrogen-bond donors (Lipinski definition) is 2. The first kappa shape index (κ1) is 22.9. The Morgan fingerprint density at radius 1 is 1.09 bits per heavy atom. The number of likely N-dealkylation sites (tertiary alicyclic amines) is 1. The minimum Gasteiger partial charge on any atom is -0.496 e. The molecular weight excluding hydrogens is 436 g/mol. The van der Waals surface area contributed by atoms with Crippen molar-refractivity contribution < 1.29 is 14.3 Å². The number of para-hydroxylation sites is 1. The summed E-state index contributed by atoms with van der Waals surface area (Å²) in [5.41, 5.74) is 2.29. The number of nitrogens with one attached hydrogen (secondary N) is 2. The topological polar surface area (TPSA) is 83.6 Å². The fourth-order valence-electron chi connectivity index (χ4n) is 4.07. The van der Waals surface area contributed by atoms with E-state index in [2.05, 4.69) is 26.6 Å². The SMILES string of the molecule is COc1ccccc1C(CNC(=O)Cc1csc(NC(=O)c2ccccc2)n1)N1CCCC1. The minimum atomic E-state index is -0.216. The van der Waals surface area contributed by atoms with E-state index in [1.165, 1.54) is 11.3 Å². The Kier molecular flexibility index (Phi) is 7.70. The monoisotopic (exact) mass is 464 g/mol. The molecule has 0 spiro atoms. The zero-order valence-corrected chi connectivity index (χ0v) is 19.4. The standard InChI is InChI=1S/C25H28N4O3S/c1-32-22-12-6-5-11-20(22)21(29-13-7-8-14-29)16-26-23(30)15-19-17-33-25(27-19)28-24(31)18-9-3-2-4-10-18/h2-6,9-12,17,21H,7-8,13-16H2,1H3,(H,26,30)(H,27,28,31). The maximum absolute atomic E-state index is 12.7. The van der Waals surface area contributed by atoms with Gasteiger partial charge in [-0.05, 0) is 44.1 Å². The molecule has 2 amide bonds. The fourth-order valence-corrected chi connectivity index (χ4v) is 4.78. The van der Waals surface area contributed by atoms with Crippen molar-refractivity contribution in [2.45, 2.75) is 25.3 Å². The maximum Gasteiger partial charge on any atom is 0.257 e. The first-order chi connectivity index (χ1) is 16.1. The van der Waals surface area contributed by atoms with E-state index in [0.717, 1.165) is 37.2 Å². The number of carbonyl (C=O) groups is 2. The summed E-state index contributed by atoms with van der Waals surface area (Å²) in [4.78, 5) is 31.8. The molecule has 172 valence electrons. The molecule has 4 rings (SSSR count). The zero-order chi connectivity index (χ0) is 23.0. The van der Waals surface area contributed by atoms with E-state index >= 15 is 0 Å². The van der Waals surface area contributed by atoms with E-state index in [1.54, 1.807) is 24.6 Å². The second kappa shape index (κ2) is 11.1. The molecule has 2 aromatic carbocycles. The zero-order valence-electron chi connectivity index (χ0n) is 18.6. The molecule has 1 fully saturated rings. The van der Waals surface area contributed by atoms with Crippen molar-refractivity contribution >= 4 is 28.3 Å². The lowest BCUT2D eigenvalue weighted by atomic mass is 10.0. The third-order valence-corrected chi connectivity index (χ3v) is 6.53. The van der Waals surface area contributed by atoms with E-state index in [1.807, 2.05) is 36.4 Å². The predicted octanol–water partition coefficient (Wildman–Crippen LogP) is 3.90. The molecule has 2 heterocycles. The highest BCUT2D eigenvalue weighted by atomic mass is 32.1. The molecule has 0 aliphatic carbocycles. The van der Waals surface area contributed by atoms with Crippen LogP contribution in [0.4, 0.5) is 5.13 Å². The quantitative estimate of drug-likeness (QED) is 0.502. The number of thiazole rings is 1. The Balaban J connectivity index is 1.35. The predicted molar refractivity (Wildman–Crippen MR) is 130 cm³/mol. The van der Waals surface area contributed by atoms with Crippen molar-refractivity contribution in [2.24, 2.45) is 0 Å². The first-order valence-corrected chi connectivity index (χ1v) is 12.0. The number of carbonyl (C=O) groups excluding carboxylic acids is 2. The van der Waals surface area contributed by atoms with E-state index in [9.17, 15) is 9.59 Å². The van der Waals surface area contributed by atoms with Gasteiger partial charge in [0.1, 0.15) is 5.75 Å². The van der Waals surface area contributed by atoms with Crippen molar-refractivity contribution in [1.29, 1.82) is 0 Å². The molecule has 1 aliphatic heterocycles. The second-order valence-corrected chi connectivity index (χ2v) is 8.80. The number of hydrogen-bond acceptors (Lipinski definition) is 6. The van der Waals surface area contributed by atoms with Crippen molar-refractivity contribution in [3.8, 4) is 5.75 Å². The summed E-state index contributed by atoms with van der Waals surface area (Å²) in [6.07, 6.45) is 2.49. The molecule has 8 heteroatoms. The number of amides is 2. The molecule has 7 nitrogen and oxygen atoms in total. The van der Waals surface area contributed by atoms with Crippen LogP contribution in [0.25, 0.3) is 0 Å². The lowest BCUT2D eigenvalue weighted by Gasteiger charge is -2.29. The number of anilines is 1. The molecule has 2 N–H and O–H groups in total. The molecule has 0 saturated carbocycles. The van der Waals surface area contributed by atoms with Gasteiger partial charge in [0.05, 0.1) is 25.3 Å². The van der Waals surface area contributed by atoms with Crippen molar-refractivity contribution in [3.05, 3.63) is 76.8 Å². The van der Waals surface area contributed by atoms with Gasteiger partial charge in [-0.15, -0.1) is 11.3 Å². The van der Waals surface area contributed by atoms with Gasteiger partial charge in [0.25, 0.3) is 5.91 Å². The summed E-state index contributed by atoms with van der Waals surface area (Å²) in [6, 6.07) is 17.0. The van der Waals surface area contributed by atoms with Crippen LogP contribution in [0.3, 0.4) is 0 Å². The average molecular weight is 465 g/mol. The summed E-state index contributed by atoms with van der Waals surface area (Å²) in [5, 5.41) is 8.15. The molecule has 1 unspecified atom stereocenters. The Labute approximate surface area is 197 Å². The third kappa shape index (κ3) is 5.97. The molecule has 3 aromatic rings. The van der Waals surface area contributed by atoms with Crippen molar-refractivity contribution in [1.82, 2.24) is 15.2 Å². The number of rotatable bonds is 9. The van der Waals surface area contributed by atoms with Crippen LogP contribution in [0, 0.1) is 0 Å². The highest BCUT2D eigenvalue weighted by Gasteiger charge is 2.26. The summed E-state index contributed by atoms with van der Waals surface area (Å²) in [5.74, 6) is 0.522. The summed E-state index contributed by atoms with van der Waals surface area (Å²) >= 11 is 1.31. The lowest BCUT2D eigenvalue weighted by molar-refractivity contribution is -0.120. The summed E-state index contributed by atoms with van der Waals surface area (Å²) in [7, 11) is 1.68. The molecule has 33 heavy (non-hydrogen) atoms. The van der Waals surface area contributed by atoms with Crippen LogP contribution in [-0.2, 0) is 11.2 Å². The van der Waals surface area contributed by atoms with Gasteiger partial charge in [0, 0.05) is 23.1 Å². The van der Waals surface area contributed by atoms with Gasteiger partial charge >= 0.3 is 0 Å². The Morgan fingerprint density at radius 3 is 2.58 bits per heavy atom. The van der Waals surface area contributed by atoms with Crippen LogP contribution in [0.1, 0.15) is 40.5 Å². The molecule has 1 aromatic heterocycles. The van der Waals surface area contributed by atoms with Crippen LogP contribution < -0.4 is 15.4 Å². The number of nitrogens with zero attached hydrogens (tertiary/aromatic N) is 2. The van der Waals surface area contributed by atoms with Gasteiger partial charge in [-0.1, -0.05) is 36.4 Å². The van der Waals surface area contributed by atoms with E-state index in [0.29, 0.717) is 22.9 Å². The maximum atomic E-state index is 12.7. The smallest absolute Gasteiger partial charge is 0.257 e. The van der Waals surface area contributed by atoms with Crippen LogP contribution >= 0.6 is 11.3 Å². The lowest BCUT2D eigenvalue weighted by Crippen LogP contribution is -2.37. The van der Waals surface area contributed by atoms with E-state index < -0.39 is 0 Å². The third-order valence-electron chi connectivity index (χ3n) is 5.72. The summed E-state index contributed by atoms with van der Waals surface area (Å²) in [6.45, 7) is 2.52. The highest BCUT2D eigenvalue weighted by molar-refractivity contribution is 7.14. The first-order valence-electron chi connectivity index (χ1n) is 11.1. The fraction of sp³-hybridized carbons (Fsp3) is 0.320. The largest absolute Gasteiger partial charge is 0.496 e. The number of methoxy groups -OCH3 is 1. The van der Waals surface area contributed by atoms with E-state index in [-0.39, 0.29) is 24.3 Å². The van der Waals surface area contributed by atoms with Crippen LogP contribution in [0.15, 0.2) is 60.0 Å². The number of benzene rings is 2. The van der Waals surface area contributed by atoms with Gasteiger partial charge in [-0.2, -0.15) is 0 Å². The van der Waals surface area contributed by atoms with Crippen molar-refractivity contribution in [3.63, 3.8) is 0 Å². The minimum absolute atomic E-state index is 0.0590. The van der Waals surface area contributed by atoms with E-state index in [4.69, 9.17) is 4.74 Å². The van der Waals surface area contributed by atoms with Gasteiger partial charge in [-0.3, -0.25) is 19.8 Å². The molecule has 1 atom stereocenters. The van der Waals surface area contributed by atoms with Gasteiger partial charge < -0.3 is 10.1 Å². The van der Waals surface area contributed by atoms with Gasteiger partial charge in [0.15, 0.2) is 5.13 Å². The normalized spacial score (nSPS) is 14.6. The van der Waals surface area contributed by atoms with Crippen LogP contribution in [-0.4, -0.2) is 48.4 Å². The van der Waals surface area contributed by atoms with Gasteiger partial charge in [0.2, 0.25) is 5.91 Å². The second-order valence-electron chi connectivity index (χ2n) is 7.95. The molecular formula is C25H28N4O3S. The molecule has 1 saturated heterocycles. The van der Waals surface area contributed by atoms with Crippen LogP contribution in [0.5, 0.6) is 5.75 Å². The molecule has 0 bridgehead atoms. The number of ether oxygens (including phenoxy) is 1. The van der Waals surface area contributed by atoms with Crippen LogP contribution in [0.2, 0.25) is 0 Å². The summed E-state index contributed by atoms with van der Waals surface area (Å²) < 4.78 is 5.57. The highest BCUT2D eigenvalue weighted by Crippen LogP contribution is 2.31. The Morgan fingerprint density at radius 2 is 1.82 bits per heavy atom. The van der Waals surface area contributed by atoms with Gasteiger partial charge in [-0.25, -0.2) is 4.98 Å².